The zero-order chi connectivity index (χ0) is 13.9. The Morgan fingerprint density at radius 2 is 1.78 bits per heavy atom. The van der Waals surface area contributed by atoms with Gasteiger partial charge < -0.3 is 0 Å². The van der Waals surface area contributed by atoms with E-state index in [0.29, 0.717) is 12.1 Å². The number of alkyl halides is 3. The number of hydrogen-bond donors (Lipinski definition) is 0. The van der Waals surface area contributed by atoms with E-state index >= 15 is 0 Å². The highest BCUT2D eigenvalue weighted by Crippen LogP contribution is 2.36. The molecule has 0 bridgehead atoms. The fourth-order valence-electron chi connectivity index (χ4n) is 1.19. The minimum atomic E-state index is -4.55. The number of halogens is 5. The van der Waals surface area contributed by atoms with Crippen LogP contribution in [0.5, 0.6) is 0 Å². The zero-order valence-electron chi connectivity index (χ0n) is 9.02. The fraction of sp³-hybridized carbons (Fsp3) is 0.182. The molecule has 0 atom stereocenters. The lowest BCUT2D eigenvalue weighted by Crippen LogP contribution is -2.07. The Hall–Kier alpha value is -0.650. The van der Waals surface area contributed by atoms with Crippen LogP contribution in [0.2, 0.25) is 10.0 Å². The number of ketones is 1. The maximum atomic E-state index is 12.5. The molecule has 0 fully saturated rings. The Bertz CT molecular complexity index is 475. The molecule has 1 aromatic rings. The Labute approximate surface area is 116 Å². The Balaban J connectivity index is 3.25. The SMILES string of the molecule is CSC=CC(=O)c1c(Cl)cc(C(F)(F)F)cc1Cl. The van der Waals surface area contributed by atoms with Crippen LogP contribution in [-0.4, -0.2) is 12.0 Å². The van der Waals surface area contributed by atoms with Crippen molar-refractivity contribution in [2.45, 2.75) is 6.18 Å². The van der Waals surface area contributed by atoms with Gasteiger partial charge in [-0.2, -0.15) is 13.2 Å². The van der Waals surface area contributed by atoms with Gasteiger partial charge in [0.25, 0.3) is 0 Å². The molecule has 0 aliphatic carbocycles. The zero-order valence-corrected chi connectivity index (χ0v) is 11.3. The minimum absolute atomic E-state index is 0.128. The number of allylic oxidation sites excluding steroid dienone is 1. The van der Waals surface area contributed by atoms with E-state index in [4.69, 9.17) is 23.2 Å². The molecular weight excluding hydrogens is 308 g/mol. The second kappa shape index (κ2) is 5.99. The van der Waals surface area contributed by atoms with Gasteiger partial charge in [0.15, 0.2) is 5.78 Å². The molecule has 1 rings (SSSR count). The molecule has 0 spiro atoms. The molecule has 98 valence electrons. The minimum Gasteiger partial charge on any atom is -0.289 e. The van der Waals surface area contributed by atoms with Gasteiger partial charge in [0.1, 0.15) is 0 Å². The third kappa shape index (κ3) is 3.67. The van der Waals surface area contributed by atoms with E-state index < -0.39 is 17.5 Å². The molecule has 0 saturated heterocycles. The lowest BCUT2D eigenvalue weighted by molar-refractivity contribution is -0.137. The van der Waals surface area contributed by atoms with E-state index in [1.165, 1.54) is 23.2 Å². The Morgan fingerprint density at radius 1 is 1.28 bits per heavy atom. The maximum Gasteiger partial charge on any atom is 0.416 e. The third-order valence-electron chi connectivity index (χ3n) is 1.97. The number of carbonyl (C=O) groups excluding carboxylic acids is 1. The predicted molar refractivity (Wildman–Crippen MR) is 68.4 cm³/mol. The van der Waals surface area contributed by atoms with Crippen molar-refractivity contribution in [2.75, 3.05) is 6.26 Å². The molecule has 0 heterocycles. The summed E-state index contributed by atoms with van der Waals surface area (Å²) >= 11 is 12.6. The maximum absolute atomic E-state index is 12.5. The molecule has 0 unspecified atom stereocenters. The van der Waals surface area contributed by atoms with Gasteiger partial charge in [-0.15, -0.1) is 11.8 Å². The summed E-state index contributed by atoms with van der Waals surface area (Å²) in [5.74, 6) is -0.534. The van der Waals surface area contributed by atoms with Crippen molar-refractivity contribution in [3.8, 4) is 0 Å². The van der Waals surface area contributed by atoms with Crippen LogP contribution in [0.3, 0.4) is 0 Å². The molecule has 0 aliphatic heterocycles. The van der Waals surface area contributed by atoms with Gasteiger partial charge in [-0.3, -0.25) is 4.79 Å². The van der Waals surface area contributed by atoms with Crippen molar-refractivity contribution >= 4 is 40.7 Å². The highest BCUT2D eigenvalue weighted by atomic mass is 35.5. The molecule has 7 heteroatoms. The van der Waals surface area contributed by atoms with Crippen molar-refractivity contribution in [2.24, 2.45) is 0 Å². The van der Waals surface area contributed by atoms with E-state index in [-0.39, 0.29) is 15.6 Å². The Morgan fingerprint density at radius 3 is 2.17 bits per heavy atom. The predicted octanol–water partition coefficient (Wildman–Crippen LogP) is 5.07. The second-order valence-electron chi connectivity index (χ2n) is 3.22. The van der Waals surface area contributed by atoms with Crippen molar-refractivity contribution in [3.63, 3.8) is 0 Å². The molecule has 0 N–H and O–H groups in total. The lowest BCUT2D eigenvalue weighted by atomic mass is 10.1. The summed E-state index contributed by atoms with van der Waals surface area (Å²) < 4.78 is 37.4. The molecule has 1 aromatic carbocycles. The number of benzene rings is 1. The molecule has 1 nitrogen and oxygen atoms in total. The van der Waals surface area contributed by atoms with Crippen LogP contribution in [-0.2, 0) is 6.18 Å². The summed E-state index contributed by atoms with van der Waals surface area (Å²) in [5.41, 5.74) is -1.11. The topological polar surface area (TPSA) is 17.1 Å². The van der Waals surface area contributed by atoms with Gasteiger partial charge >= 0.3 is 6.18 Å². The van der Waals surface area contributed by atoms with Gasteiger partial charge in [-0.05, 0) is 29.9 Å². The number of thioether (sulfide) groups is 1. The molecule has 0 radical (unpaired) electrons. The summed E-state index contributed by atoms with van der Waals surface area (Å²) in [6, 6.07) is 1.38. The summed E-state index contributed by atoms with van der Waals surface area (Å²) in [5, 5.41) is 0.864. The third-order valence-corrected chi connectivity index (χ3v) is 2.98. The Kier molecular flexibility index (Phi) is 5.13. The van der Waals surface area contributed by atoms with Crippen LogP contribution >= 0.6 is 35.0 Å². The summed E-state index contributed by atoms with van der Waals surface area (Å²) in [4.78, 5) is 11.7. The van der Waals surface area contributed by atoms with Crippen LogP contribution in [0.1, 0.15) is 15.9 Å². The highest BCUT2D eigenvalue weighted by molar-refractivity contribution is 8.01. The van der Waals surface area contributed by atoms with Crippen LogP contribution in [0.25, 0.3) is 0 Å². The first-order chi connectivity index (χ1) is 8.27. The van der Waals surface area contributed by atoms with E-state index in [2.05, 4.69) is 0 Å². The average Bonchev–Trinajstić information content (AvgIpc) is 2.24. The van der Waals surface area contributed by atoms with Gasteiger partial charge in [-0.25, -0.2) is 0 Å². The van der Waals surface area contributed by atoms with Gasteiger partial charge in [-0.1, -0.05) is 23.2 Å². The normalized spacial score (nSPS) is 12.1. The van der Waals surface area contributed by atoms with Gasteiger partial charge in [0.2, 0.25) is 0 Å². The molecule has 18 heavy (non-hydrogen) atoms. The van der Waals surface area contributed by atoms with Crippen LogP contribution in [0, 0.1) is 0 Å². The van der Waals surface area contributed by atoms with Crippen molar-refractivity contribution in [1.82, 2.24) is 0 Å². The number of rotatable bonds is 3. The second-order valence-corrected chi connectivity index (χ2v) is 4.77. The van der Waals surface area contributed by atoms with Crippen LogP contribution in [0.4, 0.5) is 13.2 Å². The molecule has 0 amide bonds. The van der Waals surface area contributed by atoms with E-state index in [0.717, 1.165) is 0 Å². The standard InChI is InChI=1S/C11H7Cl2F3OS/c1-18-3-2-9(17)10-7(12)4-6(5-8(10)13)11(14,15)16/h2-5H,1H3. The van der Waals surface area contributed by atoms with Gasteiger partial charge in [0, 0.05) is 0 Å². The first-order valence-electron chi connectivity index (χ1n) is 4.57. The largest absolute Gasteiger partial charge is 0.416 e. The van der Waals surface area contributed by atoms with E-state index in [1.54, 1.807) is 6.26 Å². The molecular formula is C11H7Cl2F3OS. The summed E-state index contributed by atoms with van der Waals surface area (Å²) in [6.45, 7) is 0. The average molecular weight is 315 g/mol. The van der Waals surface area contributed by atoms with Crippen molar-refractivity contribution in [3.05, 3.63) is 44.8 Å². The van der Waals surface area contributed by atoms with Crippen LogP contribution in [0.15, 0.2) is 23.6 Å². The van der Waals surface area contributed by atoms with Gasteiger partial charge in [0.05, 0.1) is 21.2 Å². The monoisotopic (exact) mass is 314 g/mol. The molecule has 0 saturated carbocycles. The quantitative estimate of drug-likeness (QED) is 0.572. The fourth-order valence-corrected chi connectivity index (χ4v) is 2.12. The number of hydrogen-bond acceptors (Lipinski definition) is 2. The van der Waals surface area contributed by atoms with Crippen LogP contribution < -0.4 is 0 Å². The lowest BCUT2D eigenvalue weighted by Gasteiger charge is -2.10. The van der Waals surface area contributed by atoms with Crippen molar-refractivity contribution < 1.29 is 18.0 Å². The first kappa shape index (κ1) is 15.4. The van der Waals surface area contributed by atoms with E-state index in [1.807, 2.05) is 0 Å². The number of carbonyl (C=O) groups is 1. The smallest absolute Gasteiger partial charge is 0.289 e. The first-order valence-corrected chi connectivity index (χ1v) is 6.61. The molecule has 0 aromatic heterocycles. The summed E-state index contributed by atoms with van der Waals surface area (Å²) in [6.07, 6.45) is -1.62. The van der Waals surface area contributed by atoms with Crippen molar-refractivity contribution in [1.29, 1.82) is 0 Å². The summed E-state index contributed by atoms with van der Waals surface area (Å²) in [7, 11) is 0. The van der Waals surface area contributed by atoms with E-state index in [9.17, 15) is 18.0 Å². The highest BCUT2D eigenvalue weighted by Gasteiger charge is 2.32. The molecule has 0 aliphatic rings.